The summed E-state index contributed by atoms with van der Waals surface area (Å²) in [6.45, 7) is 1.59. The number of aromatic nitrogens is 2. The van der Waals surface area contributed by atoms with Crippen molar-refractivity contribution in [1.82, 2.24) is 9.97 Å². The molecule has 0 bridgehead atoms. The molecule has 0 aliphatic carbocycles. The van der Waals surface area contributed by atoms with Crippen molar-refractivity contribution in [2.75, 3.05) is 11.1 Å². The maximum absolute atomic E-state index is 12.8. The predicted octanol–water partition coefficient (Wildman–Crippen LogP) is 3.66. The quantitative estimate of drug-likeness (QED) is 0.555. The number of aliphatic carboxylic acids is 1. The van der Waals surface area contributed by atoms with Gasteiger partial charge in [-0.15, -0.1) is 0 Å². The average Bonchev–Trinajstić information content (AvgIpc) is 3.13. The van der Waals surface area contributed by atoms with Gasteiger partial charge < -0.3 is 16.2 Å². The van der Waals surface area contributed by atoms with Gasteiger partial charge in [0.2, 0.25) is 5.95 Å². The highest BCUT2D eigenvalue weighted by Crippen LogP contribution is 2.25. The lowest BCUT2D eigenvalue weighted by Crippen LogP contribution is -2.16. The second kappa shape index (κ2) is 9.82. The van der Waals surface area contributed by atoms with Crippen LogP contribution in [0.25, 0.3) is 0 Å². The lowest BCUT2D eigenvalue weighted by molar-refractivity contribution is -0.134. The monoisotopic (exact) mass is 437 g/mol. The van der Waals surface area contributed by atoms with E-state index >= 15 is 0 Å². The average molecular weight is 438 g/mol. The number of carbonyl (C=O) groups excluding carboxylic acids is 1. The Morgan fingerprint density at radius 1 is 1.16 bits per heavy atom. The largest absolute Gasteiger partial charge is 0.481 e. The Hall–Kier alpha value is -3.78. The van der Waals surface area contributed by atoms with Crippen molar-refractivity contribution >= 4 is 46.5 Å². The second-order valence-electron chi connectivity index (χ2n) is 6.71. The molecule has 8 nitrogen and oxygen atoms in total. The smallest absolute Gasteiger partial charge is 0.300 e. The lowest BCUT2D eigenvalue weighted by Gasteiger charge is -2.09. The third-order valence-electron chi connectivity index (χ3n) is 4.26. The van der Waals surface area contributed by atoms with Crippen LogP contribution in [0.2, 0.25) is 5.02 Å². The van der Waals surface area contributed by atoms with Crippen molar-refractivity contribution in [2.24, 2.45) is 4.99 Å². The highest BCUT2D eigenvalue weighted by Gasteiger charge is 2.22. The zero-order valence-electron chi connectivity index (χ0n) is 16.7. The SMILES string of the molecule is CC(=O)O.Nc1nccc(Nc2ccc3c(c2)C(C(=O)Cc2ccc(Cl)cc2)=NC3)n1. The van der Waals surface area contributed by atoms with Gasteiger partial charge in [-0.1, -0.05) is 29.8 Å². The molecule has 0 saturated heterocycles. The molecule has 1 aliphatic heterocycles. The van der Waals surface area contributed by atoms with Gasteiger partial charge in [0.15, 0.2) is 5.78 Å². The van der Waals surface area contributed by atoms with Crippen molar-refractivity contribution < 1.29 is 14.7 Å². The minimum atomic E-state index is -0.833. The molecule has 31 heavy (non-hydrogen) atoms. The third-order valence-corrected chi connectivity index (χ3v) is 4.51. The first-order chi connectivity index (χ1) is 14.8. The fraction of sp³-hybridized carbons (Fsp3) is 0.136. The number of nitrogens with zero attached hydrogens (tertiary/aromatic N) is 3. The zero-order chi connectivity index (χ0) is 22.4. The molecule has 0 atom stereocenters. The number of hydrogen-bond donors (Lipinski definition) is 3. The number of nitrogens with two attached hydrogens (primary N) is 1. The minimum Gasteiger partial charge on any atom is -0.481 e. The van der Waals surface area contributed by atoms with E-state index in [0.717, 1.165) is 29.3 Å². The number of carboxylic acid groups (broad SMARTS) is 1. The van der Waals surface area contributed by atoms with Gasteiger partial charge in [0.05, 0.1) is 6.54 Å². The number of rotatable bonds is 5. The zero-order valence-corrected chi connectivity index (χ0v) is 17.4. The Bertz CT molecular complexity index is 1140. The van der Waals surface area contributed by atoms with E-state index in [1.807, 2.05) is 30.3 Å². The lowest BCUT2D eigenvalue weighted by atomic mass is 9.98. The molecule has 0 amide bonds. The van der Waals surface area contributed by atoms with E-state index in [1.165, 1.54) is 0 Å². The summed E-state index contributed by atoms with van der Waals surface area (Å²) in [5.74, 6) is -0.0625. The molecule has 0 unspecified atom stereocenters. The van der Waals surface area contributed by atoms with Gasteiger partial charge in [-0.2, -0.15) is 4.98 Å². The number of fused-ring (bicyclic) bond motifs is 1. The molecule has 2 aromatic carbocycles. The number of benzene rings is 2. The molecule has 0 spiro atoms. The molecule has 2 heterocycles. The normalized spacial score (nSPS) is 11.6. The molecule has 4 N–H and O–H groups in total. The Labute approximate surface area is 183 Å². The summed E-state index contributed by atoms with van der Waals surface area (Å²) in [4.78, 5) is 34.2. The van der Waals surface area contributed by atoms with Crippen LogP contribution in [0.15, 0.2) is 59.7 Å². The van der Waals surface area contributed by atoms with Crippen molar-refractivity contribution in [2.45, 2.75) is 19.9 Å². The molecule has 158 valence electrons. The van der Waals surface area contributed by atoms with E-state index in [9.17, 15) is 4.79 Å². The first-order valence-electron chi connectivity index (χ1n) is 9.32. The molecular formula is C22H20ClN5O3. The summed E-state index contributed by atoms with van der Waals surface area (Å²) in [6, 6.07) is 14.8. The molecule has 0 radical (unpaired) electrons. The van der Waals surface area contributed by atoms with Crippen LogP contribution in [-0.2, 0) is 22.6 Å². The Balaban J connectivity index is 0.000000628. The number of carboxylic acids is 1. The minimum absolute atomic E-state index is 0.0143. The number of hydrogen-bond acceptors (Lipinski definition) is 7. The van der Waals surface area contributed by atoms with Crippen molar-refractivity contribution in [3.8, 4) is 0 Å². The number of aliphatic imine (C=N–C) groups is 1. The van der Waals surface area contributed by atoms with E-state index in [4.69, 9.17) is 27.2 Å². The van der Waals surface area contributed by atoms with Gasteiger partial charge in [0.1, 0.15) is 11.5 Å². The van der Waals surface area contributed by atoms with Crippen LogP contribution in [0.1, 0.15) is 23.6 Å². The van der Waals surface area contributed by atoms with E-state index in [2.05, 4.69) is 20.3 Å². The van der Waals surface area contributed by atoms with Gasteiger partial charge in [0.25, 0.3) is 5.97 Å². The molecular weight excluding hydrogens is 418 g/mol. The van der Waals surface area contributed by atoms with E-state index in [0.29, 0.717) is 23.1 Å². The third kappa shape index (κ3) is 6.10. The number of ketones is 1. The van der Waals surface area contributed by atoms with Crippen LogP contribution in [0.3, 0.4) is 0 Å². The fourth-order valence-electron chi connectivity index (χ4n) is 2.96. The summed E-state index contributed by atoms with van der Waals surface area (Å²) >= 11 is 5.90. The summed E-state index contributed by atoms with van der Waals surface area (Å²) < 4.78 is 0. The number of halogens is 1. The molecule has 0 fully saturated rings. The number of nitrogens with one attached hydrogen (secondary N) is 1. The number of anilines is 3. The summed E-state index contributed by atoms with van der Waals surface area (Å²) in [6.07, 6.45) is 1.87. The van der Waals surface area contributed by atoms with Gasteiger partial charge >= 0.3 is 0 Å². The molecule has 9 heteroatoms. The van der Waals surface area contributed by atoms with Gasteiger partial charge in [-0.3, -0.25) is 14.6 Å². The molecule has 1 aliphatic rings. The summed E-state index contributed by atoms with van der Waals surface area (Å²) in [5, 5.41) is 11.2. The predicted molar refractivity (Wildman–Crippen MR) is 120 cm³/mol. The fourth-order valence-corrected chi connectivity index (χ4v) is 3.09. The molecule has 4 rings (SSSR count). The standard InChI is InChI=1S/C20H16ClN5O.C2H4O2/c21-14-4-1-12(2-5-14)9-17(27)19-16-10-15(6-3-13(16)11-24-19)25-18-7-8-23-20(22)26-18;1-2(3)4/h1-8,10H,9,11H2,(H3,22,23,25,26);1H3,(H,3,4). The van der Waals surface area contributed by atoms with Crippen LogP contribution >= 0.6 is 11.6 Å². The molecule has 0 saturated carbocycles. The summed E-state index contributed by atoms with van der Waals surface area (Å²) in [5.41, 5.74) is 9.71. The van der Waals surface area contributed by atoms with Gasteiger partial charge in [-0.25, -0.2) is 4.98 Å². The topological polar surface area (TPSA) is 131 Å². The van der Waals surface area contributed by atoms with Crippen LogP contribution in [0.4, 0.5) is 17.5 Å². The van der Waals surface area contributed by atoms with Crippen LogP contribution in [0.5, 0.6) is 0 Å². The van der Waals surface area contributed by atoms with E-state index in [1.54, 1.807) is 24.4 Å². The van der Waals surface area contributed by atoms with Crippen LogP contribution < -0.4 is 11.1 Å². The van der Waals surface area contributed by atoms with E-state index < -0.39 is 5.97 Å². The van der Waals surface area contributed by atoms with E-state index in [-0.39, 0.29) is 18.2 Å². The number of Topliss-reactive ketones (excluding diaryl/α,β-unsaturated/α-hetero) is 1. The highest BCUT2D eigenvalue weighted by atomic mass is 35.5. The Kier molecular flexibility index (Phi) is 6.94. The van der Waals surface area contributed by atoms with Crippen LogP contribution in [0, 0.1) is 0 Å². The first kappa shape index (κ1) is 21.9. The number of carbonyl (C=O) groups is 2. The van der Waals surface area contributed by atoms with Crippen molar-refractivity contribution in [3.05, 3.63) is 76.4 Å². The van der Waals surface area contributed by atoms with Gasteiger partial charge in [0, 0.05) is 35.8 Å². The Morgan fingerprint density at radius 2 is 1.87 bits per heavy atom. The van der Waals surface area contributed by atoms with Crippen molar-refractivity contribution in [1.29, 1.82) is 0 Å². The molecule has 1 aromatic heterocycles. The highest BCUT2D eigenvalue weighted by molar-refractivity contribution is 6.47. The maximum Gasteiger partial charge on any atom is 0.300 e. The second-order valence-corrected chi connectivity index (χ2v) is 7.14. The van der Waals surface area contributed by atoms with Crippen LogP contribution in [-0.4, -0.2) is 32.5 Å². The van der Waals surface area contributed by atoms with Crippen molar-refractivity contribution in [3.63, 3.8) is 0 Å². The molecule has 3 aromatic rings. The summed E-state index contributed by atoms with van der Waals surface area (Å²) in [7, 11) is 0. The maximum atomic E-state index is 12.8. The number of nitrogen functional groups attached to an aromatic ring is 1. The van der Waals surface area contributed by atoms with Gasteiger partial charge in [-0.05, 0) is 41.5 Å². The Morgan fingerprint density at radius 3 is 2.55 bits per heavy atom. The first-order valence-corrected chi connectivity index (χ1v) is 9.70.